The van der Waals surface area contributed by atoms with Gasteiger partial charge in [0, 0.05) is 19.3 Å². The van der Waals surface area contributed by atoms with Crippen LogP contribution < -0.4 is 0 Å². The summed E-state index contributed by atoms with van der Waals surface area (Å²) in [5, 5.41) is 0. The SMILES string of the molecule is CCCCCCCCCCCCCCCCCCCCC(=O)O[C@@H](COC(=O)CCCCCCC)COC(=O)CCCCCCCCC(C)CC. The lowest BCUT2D eigenvalue weighted by Gasteiger charge is -2.18. The molecule has 0 heterocycles. The predicted octanol–water partition coefficient (Wildman–Crippen LogP) is 13.9. The molecule has 0 aromatic rings. The quantitative estimate of drug-likeness (QED) is 0.0356. The van der Waals surface area contributed by atoms with Crippen LogP contribution in [-0.2, 0) is 28.6 Å². The molecular weight excluding hydrogens is 636 g/mol. The Kier molecular flexibility index (Phi) is 38.4. The highest BCUT2D eigenvalue weighted by atomic mass is 16.6. The highest BCUT2D eigenvalue weighted by molar-refractivity contribution is 5.71. The zero-order valence-electron chi connectivity index (χ0n) is 34.6. The average Bonchev–Trinajstić information content (AvgIpc) is 3.13. The zero-order chi connectivity index (χ0) is 37.5. The van der Waals surface area contributed by atoms with Crippen molar-refractivity contribution < 1.29 is 28.6 Å². The van der Waals surface area contributed by atoms with E-state index in [0.717, 1.165) is 70.1 Å². The maximum Gasteiger partial charge on any atom is 0.306 e. The number of esters is 3. The van der Waals surface area contributed by atoms with Crippen molar-refractivity contribution >= 4 is 17.9 Å². The molecule has 2 atom stereocenters. The Bertz CT molecular complexity index is 768. The minimum atomic E-state index is -0.758. The van der Waals surface area contributed by atoms with E-state index in [1.807, 2.05) is 0 Å². The van der Waals surface area contributed by atoms with Gasteiger partial charge in [-0.2, -0.15) is 0 Å². The number of hydrogen-bond acceptors (Lipinski definition) is 6. The summed E-state index contributed by atoms with van der Waals surface area (Å²) in [6.45, 7) is 8.89. The Hall–Kier alpha value is -1.59. The van der Waals surface area contributed by atoms with E-state index in [0.29, 0.717) is 19.3 Å². The van der Waals surface area contributed by atoms with Crippen molar-refractivity contribution in [3.8, 4) is 0 Å². The third-order valence-corrected chi connectivity index (χ3v) is 10.4. The Morgan fingerprint density at radius 2 is 0.686 bits per heavy atom. The second-order valence-electron chi connectivity index (χ2n) is 15.6. The van der Waals surface area contributed by atoms with Crippen LogP contribution in [0.25, 0.3) is 0 Å². The van der Waals surface area contributed by atoms with Gasteiger partial charge in [-0.1, -0.05) is 207 Å². The Morgan fingerprint density at radius 3 is 1.02 bits per heavy atom. The smallest absolute Gasteiger partial charge is 0.306 e. The van der Waals surface area contributed by atoms with Crippen molar-refractivity contribution in [1.82, 2.24) is 0 Å². The van der Waals surface area contributed by atoms with Crippen LogP contribution in [0, 0.1) is 5.92 Å². The number of carbonyl (C=O) groups excluding carboxylic acids is 3. The van der Waals surface area contributed by atoms with Gasteiger partial charge >= 0.3 is 17.9 Å². The lowest BCUT2D eigenvalue weighted by molar-refractivity contribution is -0.167. The van der Waals surface area contributed by atoms with Gasteiger partial charge in [-0.15, -0.1) is 0 Å². The van der Waals surface area contributed by atoms with E-state index in [2.05, 4.69) is 27.7 Å². The fourth-order valence-electron chi connectivity index (χ4n) is 6.59. The van der Waals surface area contributed by atoms with E-state index in [1.54, 1.807) is 0 Å². The maximum atomic E-state index is 12.7. The minimum Gasteiger partial charge on any atom is -0.462 e. The van der Waals surface area contributed by atoms with Crippen LogP contribution in [0.2, 0.25) is 0 Å². The van der Waals surface area contributed by atoms with Gasteiger partial charge in [0.05, 0.1) is 0 Å². The first-order valence-electron chi connectivity index (χ1n) is 22.4. The lowest BCUT2D eigenvalue weighted by atomic mass is 10.00. The monoisotopic (exact) mass is 723 g/mol. The number of hydrogen-bond donors (Lipinski definition) is 0. The second-order valence-corrected chi connectivity index (χ2v) is 15.6. The molecule has 6 heteroatoms. The molecule has 6 nitrogen and oxygen atoms in total. The molecule has 302 valence electrons. The van der Waals surface area contributed by atoms with E-state index in [-0.39, 0.29) is 31.1 Å². The van der Waals surface area contributed by atoms with Crippen molar-refractivity contribution in [3.63, 3.8) is 0 Å². The topological polar surface area (TPSA) is 78.9 Å². The van der Waals surface area contributed by atoms with Crippen LogP contribution >= 0.6 is 0 Å². The molecule has 0 aliphatic heterocycles. The molecule has 0 N–H and O–H groups in total. The summed E-state index contributed by atoms with van der Waals surface area (Å²) in [5.41, 5.74) is 0. The van der Waals surface area contributed by atoms with Crippen LogP contribution in [0.3, 0.4) is 0 Å². The van der Waals surface area contributed by atoms with Crippen molar-refractivity contribution in [1.29, 1.82) is 0 Å². The molecule has 0 bridgehead atoms. The van der Waals surface area contributed by atoms with E-state index in [4.69, 9.17) is 14.2 Å². The van der Waals surface area contributed by atoms with Gasteiger partial charge in [0.2, 0.25) is 0 Å². The highest BCUT2D eigenvalue weighted by Crippen LogP contribution is 2.17. The molecule has 0 aromatic carbocycles. The van der Waals surface area contributed by atoms with Gasteiger partial charge in [-0.05, 0) is 25.2 Å². The second kappa shape index (κ2) is 39.6. The number of rotatable bonds is 40. The van der Waals surface area contributed by atoms with Crippen LogP contribution in [0.5, 0.6) is 0 Å². The van der Waals surface area contributed by atoms with Gasteiger partial charge in [-0.25, -0.2) is 0 Å². The standard InChI is InChI=1S/C45H86O6/c1-5-8-10-12-13-14-15-16-17-18-19-20-21-22-23-24-30-34-38-45(48)51-42(39-49-43(46)36-32-27-11-9-6-2)40-50-44(47)37-33-29-26-25-28-31-35-41(4)7-3/h41-42H,5-40H2,1-4H3/t41?,42-/m0/s1. The summed E-state index contributed by atoms with van der Waals surface area (Å²) in [6, 6.07) is 0. The summed E-state index contributed by atoms with van der Waals surface area (Å²) in [7, 11) is 0. The Balaban J connectivity index is 4.15. The molecule has 0 fully saturated rings. The highest BCUT2D eigenvalue weighted by Gasteiger charge is 2.19. The van der Waals surface area contributed by atoms with Crippen LogP contribution in [-0.4, -0.2) is 37.2 Å². The summed E-state index contributed by atoms with van der Waals surface area (Å²) in [4.78, 5) is 37.4. The number of carbonyl (C=O) groups is 3. The van der Waals surface area contributed by atoms with Crippen molar-refractivity contribution in [2.45, 2.75) is 252 Å². The first-order chi connectivity index (χ1) is 24.9. The van der Waals surface area contributed by atoms with E-state index >= 15 is 0 Å². The Morgan fingerprint density at radius 1 is 0.392 bits per heavy atom. The summed E-state index contributed by atoms with van der Waals surface area (Å²) in [5.74, 6) is -0.0583. The number of unbranched alkanes of at least 4 members (excludes halogenated alkanes) is 26. The molecule has 0 saturated carbocycles. The van der Waals surface area contributed by atoms with Crippen molar-refractivity contribution in [2.24, 2.45) is 5.92 Å². The van der Waals surface area contributed by atoms with Crippen molar-refractivity contribution in [3.05, 3.63) is 0 Å². The fraction of sp³-hybridized carbons (Fsp3) is 0.933. The van der Waals surface area contributed by atoms with E-state index in [9.17, 15) is 14.4 Å². The largest absolute Gasteiger partial charge is 0.462 e. The zero-order valence-corrected chi connectivity index (χ0v) is 34.6. The normalized spacial score (nSPS) is 12.5. The van der Waals surface area contributed by atoms with Gasteiger partial charge < -0.3 is 14.2 Å². The fourth-order valence-corrected chi connectivity index (χ4v) is 6.59. The van der Waals surface area contributed by atoms with Crippen LogP contribution in [0.1, 0.15) is 246 Å². The van der Waals surface area contributed by atoms with E-state index in [1.165, 1.54) is 135 Å². The third kappa shape index (κ3) is 38.0. The molecular formula is C45H86O6. The summed E-state index contributed by atoms with van der Waals surface area (Å²) in [6.07, 6.45) is 38.4. The molecule has 0 aliphatic rings. The third-order valence-electron chi connectivity index (χ3n) is 10.4. The molecule has 51 heavy (non-hydrogen) atoms. The minimum absolute atomic E-state index is 0.0664. The summed E-state index contributed by atoms with van der Waals surface area (Å²) < 4.78 is 16.6. The Labute approximate surface area is 317 Å². The molecule has 0 aromatic heterocycles. The van der Waals surface area contributed by atoms with Crippen molar-refractivity contribution in [2.75, 3.05) is 13.2 Å². The molecule has 0 rings (SSSR count). The lowest BCUT2D eigenvalue weighted by Crippen LogP contribution is -2.30. The first kappa shape index (κ1) is 49.4. The maximum absolute atomic E-state index is 12.7. The van der Waals surface area contributed by atoms with Crippen LogP contribution in [0.4, 0.5) is 0 Å². The van der Waals surface area contributed by atoms with E-state index < -0.39 is 6.10 Å². The molecule has 1 unspecified atom stereocenters. The number of ether oxygens (including phenoxy) is 3. The summed E-state index contributed by atoms with van der Waals surface area (Å²) >= 11 is 0. The van der Waals surface area contributed by atoms with Crippen LogP contribution in [0.15, 0.2) is 0 Å². The predicted molar refractivity (Wildman–Crippen MR) is 215 cm³/mol. The molecule has 0 spiro atoms. The van der Waals surface area contributed by atoms with Gasteiger partial charge in [0.15, 0.2) is 6.10 Å². The molecule has 0 amide bonds. The van der Waals surface area contributed by atoms with Gasteiger partial charge in [-0.3, -0.25) is 14.4 Å². The molecule has 0 saturated heterocycles. The van der Waals surface area contributed by atoms with Gasteiger partial charge in [0.25, 0.3) is 0 Å². The average molecular weight is 723 g/mol. The molecule has 0 aliphatic carbocycles. The molecule has 0 radical (unpaired) electrons. The van der Waals surface area contributed by atoms with Gasteiger partial charge in [0.1, 0.15) is 13.2 Å². The first-order valence-corrected chi connectivity index (χ1v) is 22.4.